The summed E-state index contributed by atoms with van der Waals surface area (Å²) in [4.78, 5) is 15.5. The van der Waals surface area contributed by atoms with Gasteiger partial charge in [0.1, 0.15) is 0 Å². The molecule has 0 fully saturated rings. The van der Waals surface area contributed by atoms with Crippen LogP contribution in [0.1, 0.15) is 19.4 Å². The van der Waals surface area contributed by atoms with Crippen molar-refractivity contribution in [1.82, 2.24) is 5.32 Å². The molecule has 0 saturated carbocycles. The number of carbonyl (C=O) groups is 1. The molecule has 0 bridgehead atoms. The summed E-state index contributed by atoms with van der Waals surface area (Å²) in [5, 5.41) is 7.00. The Hall–Kier alpha value is -1.55. The lowest BCUT2D eigenvalue weighted by Gasteiger charge is -2.02. The van der Waals surface area contributed by atoms with Gasteiger partial charge in [-0.3, -0.25) is 4.79 Å². The van der Waals surface area contributed by atoms with E-state index in [1.165, 1.54) is 6.92 Å². The topological polar surface area (TPSA) is 50.7 Å². The van der Waals surface area contributed by atoms with Gasteiger partial charge in [0.2, 0.25) is 5.91 Å². The lowest BCUT2D eigenvalue weighted by atomic mass is 10.1. The molecule has 0 heterocycles. The van der Waals surface area contributed by atoms with E-state index in [4.69, 9.17) is 16.4 Å². The molecule has 0 aromatic heterocycles. The number of halogens is 1. The molecular formula is C11H13ClN2O2. The van der Waals surface area contributed by atoms with Gasteiger partial charge in [0, 0.05) is 11.9 Å². The molecule has 0 spiro atoms. The minimum atomic E-state index is -0.153. The number of hydrogen-bond acceptors (Lipinski definition) is 3. The van der Waals surface area contributed by atoms with E-state index in [-0.39, 0.29) is 12.6 Å². The monoisotopic (exact) mass is 240 g/mol. The van der Waals surface area contributed by atoms with E-state index in [1.54, 1.807) is 12.1 Å². The number of amides is 1. The van der Waals surface area contributed by atoms with E-state index < -0.39 is 0 Å². The van der Waals surface area contributed by atoms with E-state index in [9.17, 15) is 4.79 Å². The standard InChI is InChI=1S/C11H13ClN2O2/c1-8(14-16-7-13-9(2)15)10-3-5-11(12)6-4-10/h3-6H,7H2,1-2H3,(H,13,15). The van der Waals surface area contributed by atoms with Gasteiger partial charge in [-0.15, -0.1) is 0 Å². The van der Waals surface area contributed by atoms with Gasteiger partial charge in [-0.05, 0) is 24.6 Å². The van der Waals surface area contributed by atoms with Gasteiger partial charge in [0.05, 0.1) is 5.71 Å². The van der Waals surface area contributed by atoms with Crippen LogP contribution in [0.15, 0.2) is 29.4 Å². The summed E-state index contributed by atoms with van der Waals surface area (Å²) in [6, 6.07) is 7.26. The zero-order valence-electron chi connectivity index (χ0n) is 9.16. The maximum absolute atomic E-state index is 10.5. The number of nitrogens with one attached hydrogen (secondary N) is 1. The van der Waals surface area contributed by atoms with Crippen molar-refractivity contribution < 1.29 is 9.63 Å². The van der Waals surface area contributed by atoms with E-state index in [1.807, 2.05) is 19.1 Å². The Morgan fingerprint density at radius 2 is 2.00 bits per heavy atom. The van der Waals surface area contributed by atoms with E-state index >= 15 is 0 Å². The first kappa shape index (κ1) is 12.5. The molecule has 1 amide bonds. The third-order valence-electron chi connectivity index (χ3n) is 1.85. The van der Waals surface area contributed by atoms with E-state index in [0.29, 0.717) is 5.02 Å². The smallest absolute Gasteiger partial charge is 0.219 e. The number of carbonyl (C=O) groups excluding carboxylic acids is 1. The fourth-order valence-electron chi connectivity index (χ4n) is 1.01. The third kappa shape index (κ3) is 4.31. The highest BCUT2D eigenvalue weighted by molar-refractivity contribution is 6.30. The van der Waals surface area contributed by atoms with E-state index in [2.05, 4.69) is 10.5 Å². The molecule has 0 aliphatic carbocycles. The normalized spacial score (nSPS) is 11.1. The number of nitrogens with zero attached hydrogens (tertiary/aromatic N) is 1. The fraction of sp³-hybridized carbons (Fsp3) is 0.273. The fourth-order valence-corrected chi connectivity index (χ4v) is 1.13. The SMILES string of the molecule is CC(=O)NCON=C(C)c1ccc(Cl)cc1. The van der Waals surface area contributed by atoms with Crippen LogP contribution in [0.2, 0.25) is 5.02 Å². The molecule has 0 saturated heterocycles. The molecule has 0 atom stereocenters. The van der Waals surface area contributed by atoms with Gasteiger partial charge in [0.25, 0.3) is 0 Å². The number of oxime groups is 1. The first-order chi connectivity index (χ1) is 7.59. The number of benzene rings is 1. The van der Waals surface area contributed by atoms with E-state index in [0.717, 1.165) is 11.3 Å². The largest absolute Gasteiger partial charge is 0.374 e. The molecule has 0 unspecified atom stereocenters. The van der Waals surface area contributed by atoms with Gasteiger partial charge in [0.15, 0.2) is 6.73 Å². The summed E-state index contributed by atoms with van der Waals surface area (Å²) in [6.45, 7) is 3.30. The summed E-state index contributed by atoms with van der Waals surface area (Å²) < 4.78 is 0. The summed E-state index contributed by atoms with van der Waals surface area (Å²) in [5.41, 5.74) is 1.65. The van der Waals surface area contributed by atoms with Crippen LogP contribution in [0.25, 0.3) is 0 Å². The van der Waals surface area contributed by atoms with Crippen LogP contribution in [0.3, 0.4) is 0 Å². The minimum Gasteiger partial charge on any atom is -0.374 e. The molecule has 1 aromatic rings. The van der Waals surface area contributed by atoms with Crippen molar-refractivity contribution in [3.63, 3.8) is 0 Å². The Bertz CT molecular complexity index is 387. The van der Waals surface area contributed by atoms with Gasteiger partial charge < -0.3 is 10.2 Å². The second kappa shape index (κ2) is 6.12. The van der Waals surface area contributed by atoms with Crippen molar-refractivity contribution in [2.24, 2.45) is 5.16 Å². The van der Waals surface area contributed by atoms with Crippen molar-refractivity contribution in [2.45, 2.75) is 13.8 Å². The van der Waals surface area contributed by atoms with Crippen LogP contribution >= 0.6 is 11.6 Å². The summed E-state index contributed by atoms with van der Waals surface area (Å²) in [6.07, 6.45) is 0. The van der Waals surface area contributed by atoms with Crippen molar-refractivity contribution >= 4 is 23.2 Å². The van der Waals surface area contributed by atoms with Crippen LogP contribution in [-0.2, 0) is 9.63 Å². The molecule has 16 heavy (non-hydrogen) atoms. The first-order valence-electron chi connectivity index (χ1n) is 4.76. The highest BCUT2D eigenvalue weighted by atomic mass is 35.5. The molecule has 1 N–H and O–H groups in total. The van der Waals surface area contributed by atoms with Crippen molar-refractivity contribution in [3.8, 4) is 0 Å². The summed E-state index contributed by atoms with van der Waals surface area (Å²) in [5.74, 6) is -0.153. The molecule has 0 aliphatic heterocycles. The molecule has 4 nitrogen and oxygen atoms in total. The Morgan fingerprint density at radius 3 is 2.56 bits per heavy atom. The van der Waals surface area contributed by atoms with Crippen LogP contribution in [0.5, 0.6) is 0 Å². The van der Waals surface area contributed by atoms with Crippen molar-refractivity contribution in [3.05, 3.63) is 34.9 Å². The lowest BCUT2D eigenvalue weighted by molar-refractivity contribution is -0.120. The predicted molar refractivity (Wildman–Crippen MR) is 63.4 cm³/mol. The second-order valence-corrected chi connectivity index (χ2v) is 3.63. The number of rotatable bonds is 4. The average Bonchev–Trinajstić information content (AvgIpc) is 2.25. The Balaban J connectivity index is 2.50. The maximum atomic E-state index is 10.5. The van der Waals surface area contributed by atoms with Crippen molar-refractivity contribution in [1.29, 1.82) is 0 Å². The molecule has 86 valence electrons. The molecule has 5 heteroatoms. The predicted octanol–water partition coefficient (Wildman–Crippen LogP) is 2.17. The molecule has 1 rings (SSSR count). The van der Waals surface area contributed by atoms with Crippen LogP contribution in [-0.4, -0.2) is 18.3 Å². The number of hydrogen-bond donors (Lipinski definition) is 1. The van der Waals surface area contributed by atoms with Crippen molar-refractivity contribution in [2.75, 3.05) is 6.73 Å². The third-order valence-corrected chi connectivity index (χ3v) is 2.10. The van der Waals surface area contributed by atoms with Gasteiger partial charge in [-0.1, -0.05) is 28.9 Å². The Kier molecular flexibility index (Phi) is 4.79. The second-order valence-electron chi connectivity index (χ2n) is 3.19. The highest BCUT2D eigenvalue weighted by Crippen LogP contribution is 2.10. The quantitative estimate of drug-likeness (QED) is 0.380. The van der Waals surface area contributed by atoms with Crippen LogP contribution in [0.4, 0.5) is 0 Å². The highest BCUT2D eigenvalue weighted by Gasteiger charge is 1.97. The summed E-state index contributed by atoms with van der Waals surface area (Å²) >= 11 is 5.76. The minimum absolute atomic E-state index is 0.0697. The van der Waals surface area contributed by atoms with Crippen LogP contribution < -0.4 is 5.32 Å². The average molecular weight is 241 g/mol. The van der Waals surface area contributed by atoms with Crippen LogP contribution in [0, 0.1) is 0 Å². The maximum Gasteiger partial charge on any atom is 0.219 e. The summed E-state index contributed by atoms with van der Waals surface area (Å²) in [7, 11) is 0. The zero-order valence-corrected chi connectivity index (χ0v) is 9.91. The molecular weight excluding hydrogens is 228 g/mol. The Labute approximate surface area is 99.2 Å². The van der Waals surface area contributed by atoms with Gasteiger partial charge in [-0.25, -0.2) is 0 Å². The zero-order chi connectivity index (χ0) is 12.0. The lowest BCUT2D eigenvalue weighted by Crippen LogP contribution is -2.21. The molecule has 1 aromatic carbocycles. The molecule has 0 aliphatic rings. The van der Waals surface area contributed by atoms with Gasteiger partial charge in [-0.2, -0.15) is 0 Å². The molecule has 0 radical (unpaired) electrons. The first-order valence-corrected chi connectivity index (χ1v) is 5.14. The Morgan fingerprint density at radius 1 is 1.38 bits per heavy atom. The van der Waals surface area contributed by atoms with Gasteiger partial charge >= 0.3 is 0 Å².